The van der Waals surface area contributed by atoms with Crippen LogP contribution in [-0.2, 0) is 0 Å². The Morgan fingerprint density at radius 2 is 1.29 bits per heavy atom. The second-order valence-electron chi connectivity index (χ2n) is 4.28. The lowest BCUT2D eigenvalue weighted by Crippen LogP contribution is -1.77. The van der Waals surface area contributed by atoms with Gasteiger partial charge in [-0.15, -0.1) is 0 Å². The van der Waals surface area contributed by atoms with Crippen LogP contribution >= 0.6 is 0 Å². The van der Waals surface area contributed by atoms with Gasteiger partial charge in [0.1, 0.15) is 0 Å². The molecular formula is C17H26. The summed E-state index contributed by atoms with van der Waals surface area (Å²) in [6.07, 6.45) is 22.7. The molecular weight excluding hydrogens is 204 g/mol. The van der Waals surface area contributed by atoms with Gasteiger partial charge in [-0.1, -0.05) is 74.1 Å². The van der Waals surface area contributed by atoms with Crippen LogP contribution in [0.15, 0.2) is 61.3 Å². The molecule has 0 heteroatoms. The number of allylic oxidation sites excluding steroid dienone is 8. The van der Waals surface area contributed by atoms with Crippen molar-refractivity contribution >= 4 is 0 Å². The standard InChI is InChI=1S/C12H18.C5H8/c1-2-4-6-8-10-12-11-9-7-5-3-1;1-4-5(2)3/h1-6H,7-12H2;4H,1-2H2,3H3/b2-1-,5-3+,6-4+;. The zero-order valence-corrected chi connectivity index (χ0v) is 11.2. The Morgan fingerprint density at radius 3 is 1.65 bits per heavy atom. The third-order valence-corrected chi connectivity index (χ3v) is 2.45. The van der Waals surface area contributed by atoms with Gasteiger partial charge in [-0.05, 0) is 32.6 Å². The van der Waals surface area contributed by atoms with E-state index in [4.69, 9.17) is 0 Å². The van der Waals surface area contributed by atoms with E-state index in [1.807, 2.05) is 6.92 Å². The summed E-state index contributed by atoms with van der Waals surface area (Å²) in [7, 11) is 0. The monoisotopic (exact) mass is 230 g/mol. The van der Waals surface area contributed by atoms with Crippen molar-refractivity contribution < 1.29 is 0 Å². The van der Waals surface area contributed by atoms with Gasteiger partial charge in [0.2, 0.25) is 0 Å². The molecule has 0 aromatic heterocycles. The number of hydrogen-bond donors (Lipinski definition) is 0. The Morgan fingerprint density at radius 1 is 0.882 bits per heavy atom. The van der Waals surface area contributed by atoms with Gasteiger partial charge in [-0.25, -0.2) is 0 Å². The molecule has 17 heavy (non-hydrogen) atoms. The van der Waals surface area contributed by atoms with Crippen LogP contribution in [0.4, 0.5) is 0 Å². The summed E-state index contributed by atoms with van der Waals surface area (Å²) in [5, 5.41) is 0. The van der Waals surface area contributed by atoms with Crippen molar-refractivity contribution in [2.24, 2.45) is 0 Å². The zero-order chi connectivity index (χ0) is 12.8. The lowest BCUT2D eigenvalue weighted by atomic mass is 10.1. The first kappa shape index (κ1) is 15.7. The lowest BCUT2D eigenvalue weighted by molar-refractivity contribution is 0.652. The van der Waals surface area contributed by atoms with Crippen LogP contribution in [0.5, 0.6) is 0 Å². The summed E-state index contributed by atoms with van der Waals surface area (Å²) in [6.45, 7) is 8.93. The molecule has 0 bridgehead atoms. The molecule has 0 amide bonds. The molecule has 0 aromatic rings. The van der Waals surface area contributed by atoms with E-state index in [1.165, 1.54) is 38.5 Å². The van der Waals surface area contributed by atoms with Gasteiger partial charge in [-0.3, -0.25) is 0 Å². The van der Waals surface area contributed by atoms with Crippen LogP contribution in [-0.4, -0.2) is 0 Å². The molecule has 0 fully saturated rings. The molecule has 94 valence electrons. The maximum absolute atomic E-state index is 3.56. The Balaban J connectivity index is 0.000000437. The minimum atomic E-state index is 1.02. The van der Waals surface area contributed by atoms with Crippen LogP contribution in [0.3, 0.4) is 0 Å². The fourth-order valence-electron chi connectivity index (χ4n) is 1.36. The molecule has 0 aliphatic heterocycles. The normalized spacial score (nSPS) is 21.7. The second-order valence-corrected chi connectivity index (χ2v) is 4.28. The summed E-state index contributed by atoms with van der Waals surface area (Å²) in [5.74, 6) is 0. The van der Waals surface area contributed by atoms with Crippen LogP contribution in [0.25, 0.3) is 0 Å². The molecule has 1 aliphatic rings. The molecule has 0 unspecified atom stereocenters. The molecule has 1 aliphatic carbocycles. The van der Waals surface area contributed by atoms with E-state index in [2.05, 4.69) is 49.6 Å². The van der Waals surface area contributed by atoms with Crippen molar-refractivity contribution in [1.29, 1.82) is 0 Å². The van der Waals surface area contributed by atoms with Crippen molar-refractivity contribution in [2.75, 3.05) is 0 Å². The molecule has 0 N–H and O–H groups in total. The van der Waals surface area contributed by atoms with Crippen LogP contribution in [0, 0.1) is 0 Å². The van der Waals surface area contributed by atoms with Gasteiger partial charge in [0.15, 0.2) is 0 Å². The van der Waals surface area contributed by atoms with Crippen molar-refractivity contribution in [3.8, 4) is 0 Å². The molecule has 0 saturated carbocycles. The SMILES string of the molecule is C1=C\C=C\CCCCCC/C=C/1.C=CC(=C)C. The Kier molecular flexibility index (Phi) is 11.8. The van der Waals surface area contributed by atoms with E-state index >= 15 is 0 Å². The highest BCUT2D eigenvalue weighted by molar-refractivity contribution is 5.11. The van der Waals surface area contributed by atoms with Gasteiger partial charge >= 0.3 is 0 Å². The van der Waals surface area contributed by atoms with E-state index in [0.717, 1.165) is 5.57 Å². The summed E-state index contributed by atoms with van der Waals surface area (Å²) < 4.78 is 0. The highest BCUT2D eigenvalue weighted by Crippen LogP contribution is 2.07. The summed E-state index contributed by atoms with van der Waals surface area (Å²) >= 11 is 0. The Bertz CT molecular complexity index is 256. The number of rotatable bonds is 1. The van der Waals surface area contributed by atoms with Crippen LogP contribution in [0.1, 0.15) is 45.4 Å². The fraction of sp³-hybridized carbons (Fsp3) is 0.412. The molecule has 0 saturated heterocycles. The highest BCUT2D eigenvalue weighted by atomic mass is 13.9. The van der Waals surface area contributed by atoms with E-state index in [1.54, 1.807) is 6.08 Å². The second kappa shape index (κ2) is 12.8. The first-order chi connectivity index (χ1) is 8.27. The summed E-state index contributed by atoms with van der Waals surface area (Å²) in [4.78, 5) is 0. The lowest BCUT2D eigenvalue weighted by Gasteiger charge is -1.96. The van der Waals surface area contributed by atoms with Gasteiger partial charge in [-0.2, -0.15) is 0 Å². The minimum Gasteiger partial charge on any atom is -0.0988 e. The van der Waals surface area contributed by atoms with Gasteiger partial charge in [0, 0.05) is 0 Å². The third-order valence-electron chi connectivity index (χ3n) is 2.45. The topological polar surface area (TPSA) is 0 Å². The molecule has 0 heterocycles. The minimum absolute atomic E-state index is 1.02. The van der Waals surface area contributed by atoms with Crippen molar-refractivity contribution in [2.45, 2.75) is 45.4 Å². The maximum atomic E-state index is 3.56. The van der Waals surface area contributed by atoms with Crippen molar-refractivity contribution in [3.05, 3.63) is 61.3 Å². The van der Waals surface area contributed by atoms with E-state index in [-0.39, 0.29) is 0 Å². The van der Waals surface area contributed by atoms with Crippen LogP contribution in [0.2, 0.25) is 0 Å². The molecule has 0 spiro atoms. The number of hydrogen-bond acceptors (Lipinski definition) is 0. The fourth-order valence-corrected chi connectivity index (χ4v) is 1.36. The van der Waals surface area contributed by atoms with Gasteiger partial charge < -0.3 is 0 Å². The highest BCUT2D eigenvalue weighted by Gasteiger charge is 1.87. The van der Waals surface area contributed by atoms with E-state index in [0.29, 0.717) is 0 Å². The molecule has 0 nitrogen and oxygen atoms in total. The average Bonchev–Trinajstić information content (AvgIpc) is 2.30. The third kappa shape index (κ3) is 14.7. The molecule has 0 radical (unpaired) electrons. The predicted octanol–water partition coefficient (Wildman–Crippen LogP) is 5.76. The molecule has 1 rings (SSSR count). The largest absolute Gasteiger partial charge is 0.0988 e. The average molecular weight is 230 g/mol. The Hall–Kier alpha value is -1.30. The smallest absolute Gasteiger partial charge is 0.0348 e. The van der Waals surface area contributed by atoms with Gasteiger partial charge in [0.25, 0.3) is 0 Å². The molecule has 0 atom stereocenters. The van der Waals surface area contributed by atoms with E-state index < -0.39 is 0 Å². The quantitative estimate of drug-likeness (QED) is 0.502. The van der Waals surface area contributed by atoms with Crippen molar-refractivity contribution in [1.82, 2.24) is 0 Å². The maximum Gasteiger partial charge on any atom is -0.0348 e. The van der Waals surface area contributed by atoms with E-state index in [9.17, 15) is 0 Å². The molecule has 0 aromatic carbocycles. The first-order valence-corrected chi connectivity index (χ1v) is 6.53. The van der Waals surface area contributed by atoms with Crippen LogP contribution < -0.4 is 0 Å². The van der Waals surface area contributed by atoms with Crippen molar-refractivity contribution in [3.63, 3.8) is 0 Å². The first-order valence-electron chi connectivity index (χ1n) is 6.53. The summed E-state index contributed by atoms with van der Waals surface area (Å²) in [5.41, 5.74) is 1.02. The zero-order valence-electron chi connectivity index (χ0n) is 11.2. The summed E-state index contributed by atoms with van der Waals surface area (Å²) in [6, 6.07) is 0. The van der Waals surface area contributed by atoms with Gasteiger partial charge in [0.05, 0.1) is 0 Å². The Labute approximate surface area is 107 Å². The predicted molar refractivity (Wildman–Crippen MR) is 80.1 cm³/mol.